The first-order valence-corrected chi connectivity index (χ1v) is 8.33. The number of ether oxygens (including phenoxy) is 1. The monoisotopic (exact) mass is 376 g/mol. The lowest BCUT2D eigenvalue weighted by Gasteiger charge is -2.25. The number of carbonyl (C=O) groups is 2. The normalized spacial score (nSPS) is 14.4. The van der Waals surface area contributed by atoms with Gasteiger partial charge in [0.1, 0.15) is 12.4 Å². The molecular weight excluding hydrogens is 358 g/mol. The van der Waals surface area contributed by atoms with Gasteiger partial charge in [-0.15, -0.1) is 0 Å². The molecule has 1 unspecified atom stereocenters. The Labute approximate surface area is 154 Å². The van der Waals surface area contributed by atoms with E-state index in [9.17, 15) is 23.5 Å². The van der Waals surface area contributed by atoms with Crippen molar-refractivity contribution in [3.05, 3.63) is 58.4 Å². The summed E-state index contributed by atoms with van der Waals surface area (Å²) in [6, 6.07) is 6.27. The van der Waals surface area contributed by atoms with Crippen LogP contribution in [0, 0.1) is 6.92 Å². The van der Waals surface area contributed by atoms with Crippen LogP contribution in [-0.4, -0.2) is 39.9 Å². The molecule has 0 saturated carbocycles. The predicted molar refractivity (Wildman–Crippen MR) is 92.2 cm³/mol. The number of alkyl halides is 2. The summed E-state index contributed by atoms with van der Waals surface area (Å²) in [7, 11) is 0. The van der Waals surface area contributed by atoms with Crippen molar-refractivity contribution in [1.82, 2.24) is 9.88 Å². The van der Waals surface area contributed by atoms with Gasteiger partial charge in [0.2, 0.25) is 0 Å². The Balaban J connectivity index is 1.84. The van der Waals surface area contributed by atoms with E-state index in [-0.39, 0.29) is 24.2 Å². The van der Waals surface area contributed by atoms with Crippen molar-refractivity contribution < 1.29 is 28.2 Å². The van der Waals surface area contributed by atoms with E-state index < -0.39 is 19.0 Å². The first-order valence-electron chi connectivity index (χ1n) is 8.33. The van der Waals surface area contributed by atoms with Crippen LogP contribution in [0.3, 0.4) is 0 Å². The fourth-order valence-corrected chi connectivity index (χ4v) is 3.17. The van der Waals surface area contributed by atoms with E-state index in [4.69, 9.17) is 4.74 Å². The van der Waals surface area contributed by atoms with Gasteiger partial charge in [0, 0.05) is 23.9 Å². The van der Waals surface area contributed by atoms with Crippen LogP contribution < -0.4 is 4.74 Å². The molecule has 3 rings (SSSR count). The van der Waals surface area contributed by atoms with E-state index >= 15 is 0 Å². The predicted octanol–water partition coefficient (Wildman–Crippen LogP) is 3.45. The Morgan fingerprint density at radius 2 is 2.11 bits per heavy atom. The lowest BCUT2D eigenvalue weighted by atomic mass is 10.0. The van der Waals surface area contributed by atoms with E-state index in [0.717, 1.165) is 5.56 Å². The molecule has 0 aliphatic carbocycles. The molecule has 0 fully saturated rings. The van der Waals surface area contributed by atoms with Gasteiger partial charge < -0.3 is 14.7 Å². The number of benzene rings is 1. The molecule has 2 aromatic rings. The maximum Gasteiger partial charge on any atom is 0.354 e. The topological polar surface area (TPSA) is 79.7 Å². The third-order valence-electron chi connectivity index (χ3n) is 4.59. The van der Waals surface area contributed by atoms with E-state index in [1.807, 2.05) is 6.92 Å². The standard InChI is InChI=1S/C19H18F2N2O4/c1-10-7-12(3-4-15(10)27-9-16(20)21)11(2)23-8-14-13(18(23)24)5-6-22-17(14)19(25)26/h3-7,11,16H,8-9H2,1-2H3,(H,25,26). The van der Waals surface area contributed by atoms with Crippen LogP contribution in [0.15, 0.2) is 30.5 Å². The van der Waals surface area contributed by atoms with Gasteiger partial charge in [-0.3, -0.25) is 4.79 Å². The number of halogens is 2. The second kappa shape index (κ2) is 7.30. The summed E-state index contributed by atoms with van der Waals surface area (Å²) in [4.78, 5) is 29.5. The second-order valence-corrected chi connectivity index (χ2v) is 6.33. The number of aryl methyl sites for hydroxylation is 1. The maximum atomic E-state index is 12.7. The summed E-state index contributed by atoms with van der Waals surface area (Å²) in [6.07, 6.45) is -1.24. The number of fused-ring (bicyclic) bond motifs is 1. The zero-order chi connectivity index (χ0) is 19.7. The highest BCUT2D eigenvalue weighted by Crippen LogP contribution is 2.33. The summed E-state index contributed by atoms with van der Waals surface area (Å²) in [6.45, 7) is 3.03. The molecule has 27 heavy (non-hydrogen) atoms. The lowest BCUT2D eigenvalue weighted by molar-refractivity contribution is 0.0678. The molecule has 1 N–H and O–H groups in total. The van der Waals surface area contributed by atoms with E-state index in [0.29, 0.717) is 22.4 Å². The number of aromatic nitrogens is 1. The largest absolute Gasteiger partial charge is 0.487 e. The second-order valence-electron chi connectivity index (χ2n) is 6.33. The summed E-state index contributed by atoms with van der Waals surface area (Å²) < 4.78 is 29.7. The first kappa shape index (κ1) is 18.8. The van der Waals surface area contributed by atoms with Crippen molar-refractivity contribution in [1.29, 1.82) is 0 Å². The number of amides is 1. The Kier molecular flexibility index (Phi) is 5.07. The minimum Gasteiger partial charge on any atom is -0.487 e. The molecule has 8 heteroatoms. The highest BCUT2D eigenvalue weighted by atomic mass is 19.3. The molecule has 0 bridgehead atoms. The molecule has 2 heterocycles. The third-order valence-corrected chi connectivity index (χ3v) is 4.59. The van der Waals surface area contributed by atoms with Crippen LogP contribution in [0.2, 0.25) is 0 Å². The average Bonchev–Trinajstić information content (AvgIpc) is 2.96. The molecule has 142 valence electrons. The third kappa shape index (κ3) is 3.60. The van der Waals surface area contributed by atoms with Gasteiger partial charge in [0.05, 0.1) is 6.04 Å². The SMILES string of the molecule is Cc1cc(C(C)N2Cc3c(ccnc3C(=O)O)C2=O)ccc1OCC(F)F. The number of carbonyl (C=O) groups excluding carboxylic acids is 1. The van der Waals surface area contributed by atoms with Crippen LogP contribution in [0.4, 0.5) is 8.78 Å². The number of rotatable bonds is 6. The Bertz CT molecular complexity index is 901. The molecule has 1 aliphatic heterocycles. The fraction of sp³-hybridized carbons (Fsp3) is 0.316. The molecular formula is C19H18F2N2O4. The molecule has 1 atom stereocenters. The number of pyridine rings is 1. The maximum absolute atomic E-state index is 12.7. The van der Waals surface area contributed by atoms with Gasteiger partial charge in [-0.25, -0.2) is 18.6 Å². The van der Waals surface area contributed by atoms with Crippen molar-refractivity contribution >= 4 is 11.9 Å². The van der Waals surface area contributed by atoms with Gasteiger partial charge in [-0.05, 0) is 37.1 Å². The van der Waals surface area contributed by atoms with E-state index in [2.05, 4.69) is 4.98 Å². The molecule has 0 radical (unpaired) electrons. The summed E-state index contributed by atoms with van der Waals surface area (Å²) >= 11 is 0. The molecule has 1 amide bonds. The quantitative estimate of drug-likeness (QED) is 0.835. The lowest BCUT2D eigenvalue weighted by Crippen LogP contribution is -2.27. The van der Waals surface area contributed by atoms with E-state index in [1.165, 1.54) is 12.3 Å². The highest BCUT2D eigenvalue weighted by Gasteiger charge is 2.34. The first-order chi connectivity index (χ1) is 12.8. The number of carboxylic acid groups (broad SMARTS) is 1. The fourth-order valence-electron chi connectivity index (χ4n) is 3.17. The molecule has 1 aliphatic rings. The van der Waals surface area contributed by atoms with Crippen LogP contribution >= 0.6 is 0 Å². The summed E-state index contributed by atoms with van der Waals surface area (Å²) in [5, 5.41) is 9.27. The van der Waals surface area contributed by atoms with E-state index in [1.54, 1.807) is 30.0 Å². The molecule has 0 saturated heterocycles. The molecule has 1 aromatic heterocycles. The molecule has 0 spiro atoms. The molecule has 1 aromatic carbocycles. The zero-order valence-electron chi connectivity index (χ0n) is 14.8. The van der Waals surface area contributed by atoms with Crippen molar-refractivity contribution in [3.8, 4) is 5.75 Å². The van der Waals surface area contributed by atoms with Gasteiger partial charge in [-0.1, -0.05) is 12.1 Å². The number of hydrogen-bond donors (Lipinski definition) is 1. The number of aromatic carboxylic acids is 1. The summed E-state index contributed by atoms with van der Waals surface area (Å²) in [5.41, 5.74) is 2.08. The number of hydrogen-bond acceptors (Lipinski definition) is 4. The highest BCUT2D eigenvalue weighted by molar-refractivity contribution is 6.01. The average molecular weight is 376 g/mol. The molecule has 6 nitrogen and oxygen atoms in total. The minimum atomic E-state index is -2.55. The van der Waals surface area contributed by atoms with Crippen molar-refractivity contribution in [2.75, 3.05) is 6.61 Å². The van der Waals surface area contributed by atoms with Gasteiger partial charge in [-0.2, -0.15) is 0 Å². The van der Waals surface area contributed by atoms with Crippen LogP contribution in [0.5, 0.6) is 5.75 Å². The minimum absolute atomic E-state index is 0.123. The van der Waals surface area contributed by atoms with Gasteiger partial charge in [0.25, 0.3) is 12.3 Å². The van der Waals surface area contributed by atoms with Crippen molar-refractivity contribution in [3.63, 3.8) is 0 Å². The Hall–Kier alpha value is -3.03. The summed E-state index contributed by atoms with van der Waals surface area (Å²) in [5.74, 6) is -1.08. The van der Waals surface area contributed by atoms with Crippen LogP contribution in [0.1, 0.15) is 50.5 Å². The van der Waals surface area contributed by atoms with Crippen molar-refractivity contribution in [2.24, 2.45) is 0 Å². The van der Waals surface area contributed by atoms with Crippen LogP contribution in [-0.2, 0) is 6.54 Å². The number of nitrogens with zero attached hydrogens (tertiary/aromatic N) is 2. The van der Waals surface area contributed by atoms with Crippen LogP contribution in [0.25, 0.3) is 0 Å². The number of carboxylic acids is 1. The Morgan fingerprint density at radius 1 is 1.37 bits per heavy atom. The van der Waals surface area contributed by atoms with Crippen molar-refractivity contribution in [2.45, 2.75) is 32.9 Å². The zero-order valence-corrected chi connectivity index (χ0v) is 14.8. The van der Waals surface area contributed by atoms with Gasteiger partial charge in [0.15, 0.2) is 5.69 Å². The smallest absolute Gasteiger partial charge is 0.354 e. The van der Waals surface area contributed by atoms with Gasteiger partial charge >= 0.3 is 5.97 Å². The Morgan fingerprint density at radius 3 is 2.74 bits per heavy atom.